The molecule has 0 saturated heterocycles. The number of amides is 1. The normalized spacial score (nSPS) is 12.8. The fraction of sp³-hybridized carbons (Fsp3) is 0.235. The predicted octanol–water partition coefficient (Wildman–Crippen LogP) is 5.30. The predicted molar refractivity (Wildman–Crippen MR) is 103 cm³/mol. The maximum Gasteiger partial charge on any atom is 0.232 e. The van der Waals surface area contributed by atoms with Gasteiger partial charge in [-0.15, -0.1) is 21.5 Å². The molecule has 2 aromatic heterocycles. The van der Waals surface area contributed by atoms with Crippen molar-refractivity contribution in [3.63, 3.8) is 0 Å². The minimum Gasteiger partial charge on any atom is -0.300 e. The second-order valence-electron chi connectivity index (χ2n) is 6.05. The molecule has 0 radical (unpaired) electrons. The molecule has 2 heterocycles. The molecule has 1 N–H and O–H groups in total. The zero-order valence-electron chi connectivity index (χ0n) is 13.5. The number of hydrogen-bond donors (Lipinski definition) is 1. The molecule has 25 heavy (non-hydrogen) atoms. The van der Waals surface area contributed by atoms with E-state index >= 15 is 0 Å². The Kier molecular flexibility index (Phi) is 5.31. The first-order valence-corrected chi connectivity index (χ1v) is 9.95. The molecule has 0 fully saturated rings. The number of carbonyl (C=O) groups is 1. The highest BCUT2D eigenvalue weighted by Crippen LogP contribution is 2.45. The third-order valence-electron chi connectivity index (χ3n) is 3.95. The van der Waals surface area contributed by atoms with Gasteiger partial charge in [-0.25, -0.2) is 4.39 Å². The van der Waals surface area contributed by atoms with Gasteiger partial charge < -0.3 is 5.32 Å². The monoisotopic (exact) mass is 439 g/mol. The molecule has 0 bridgehead atoms. The van der Waals surface area contributed by atoms with Crippen LogP contribution in [0, 0.1) is 11.2 Å². The van der Waals surface area contributed by atoms with Crippen LogP contribution in [-0.2, 0) is 4.79 Å². The maximum atomic E-state index is 13.8. The Balaban J connectivity index is 2.02. The summed E-state index contributed by atoms with van der Waals surface area (Å²) in [6, 6.07) is 10.3. The first-order valence-electron chi connectivity index (χ1n) is 7.46. The van der Waals surface area contributed by atoms with Gasteiger partial charge >= 0.3 is 0 Å². The molecule has 0 unspecified atom stereocenters. The van der Waals surface area contributed by atoms with Gasteiger partial charge in [-0.2, -0.15) is 0 Å². The Labute approximate surface area is 161 Å². The lowest BCUT2D eigenvalue weighted by Crippen LogP contribution is -2.36. The lowest BCUT2D eigenvalue weighted by molar-refractivity contribution is -0.124. The summed E-state index contributed by atoms with van der Waals surface area (Å²) in [6.07, 6.45) is 0. The van der Waals surface area contributed by atoms with Gasteiger partial charge in [0.1, 0.15) is 11.3 Å². The second kappa shape index (κ2) is 7.31. The van der Waals surface area contributed by atoms with Crippen LogP contribution in [0.2, 0.25) is 0 Å². The van der Waals surface area contributed by atoms with Gasteiger partial charge in [0.2, 0.25) is 11.0 Å². The van der Waals surface area contributed by atoms with Crippen LogP contribution in [0.15, 0.2) is 45.7 Å². The molecule has 0 aliphatic carbocycles. The van der Waals surface area contributed by atoms with Crippen LogP contribution in [0.25, 0.3) is 0 Å². The van der Waals surface area contributed by atoms with Gasteiger partial charge in [0, 0.05) is 10.8 Å². The number of nitrogens with one attached hydrogen (secondary N) is 1. The van der Waals surface area contributed by atoms with E-state index in [2.05, 4.69) is 31.4 Å². The zero-order valence-corrected chi connectivity index (χ0v) is 16.7. The van der Waals surface area contributed by atoms with Gasteiger partial charge in [0.05, 0.1) is 9.20 Å². The van der Waals surface area contributed by atoms with E-state index in [0.717, 1.165) is 14.2 Å². The van der Waals surface area contributed by atoms with Crippen LogP contribution < -0.4 is 5.32 Å². The minimum atomic E-state index is -0.830. The lowest BCUT2D eigenvalue weighted by Gasteiger charge is -2.32. The number of nitrogens with zero attached hydrogens (tertiary/aromatic N) is 2. The summed E-state index contributed by atoms with van der Waals surface area (Å²) in [4.78, 5) is 13.9. The van der Waals surface area contributed by atoms with Crippen molar-refractivity contribution in [3.8, 4) is 0 Å². The number of halogens is 2. The Bertz CT molecular complexity index is 880. The SMILES string of the molecule is CC(C)(C(=O)Nc1nncs1)[C@@H](c1cccc(F)c1)c1ccc(Br)s1. The van der Waals surface area contributed by atoms with Crippen molar-refractivity contribution in [2.75, 3.05) is 5.32 Å². The molecule has 1 amide bonds. The fourth-order valence-corrected chi connectivity index (χ4v) is 4.90. The summed E-state index contributed by atoms with van der Waals surface area (Å²) < 4.78 is 14.8. The van der Waals surface area contributed by atoms with Gasteiger partial charge in [0.25, 0.3) is 0 Å². The average molecular weight is 440 g/mol. The molecule has 0 aliphatic rings. The number of aromatic nitrogens is 2. The Morgan fingerprint density at radius 2 is 2.12 bits per heavy atom. The van der Waals surface area contributed by atoms with Crippen LogP contribution in [0.4, 0.5) is 9.52 Å². The first kappa shape index (κ1) is 18.2. The number of rotatable bonds is 5. The van der Waals surface area contributed by atoms with Crippen molar-refractivity contribution in [2.24, 2.45) is 5.41 Å². The van der Waals surface area contributed by atoms with E-state index < -0.39 is 5.41 Å². The molecule has 0 spiro atoms. The molecule has 3 aromatic rings. The van der Waals surface area contributed by atoms with Gasteiger partial charge in [-0.3, -0.25) is 4.79 Å². The van der Waals surface area contributed by atoms with Gasteiger partial charge in [0.15, 0.2) is 0 Å². The van der Waals surface area contributed by atoms with Crippen LogP contribution in [0.1, 0.15) is 30.2 Å². The quantitative estimate of drug-likeness (QED) is 0.586. The molecule has 3 rings (SSSR count). The van der Waals surface area contributed by atoms with E-state index in [9.17, 15) is 9.18 Å². The smallest absolute Gasteiger partial charge is 0.232 e. The van der Waals surface area contributed by atoms with Crippen LogP contribution >= 0.6 is 38.6 Å². The molecular formula is C17H15BrFN3OS2. The van der Waals surface area contributed by atoms with Gasteiger partial charge in [-0.1, -0.05) is 37.3 Å². The topological polar surface area (TPSA) is 54.9 Å². The molecule has 0 aliphatic heterocycles. The Morgan fingerprint density at radius 1 is 1.32 bits per heavy atom. The van der Waals surface area contributed by atoms with Crippen molar-refractivity contribution in [3.05, 3.63) is 62.0 Å². The van der Waals surface area contributed by atoms with E-state index in [1.807, 2.05) is 32.0 Å². The number of anilines is 1. The number of hydrogen-bond acceptors (Lipinski definition) is 5. The third kappa shape index (κ3) is 3.96. The number of carbonyl (C=O) groups excluding carboxylic acids is 1. The highest BCUT2D eigenvalue weighted by molar-refractivity contribution is 9.11. The summed E-state index contributed by atoms with van der Waals surface area (Å²) >= 11 is 6.26. The van der Waals surface area contributed by atoms with Crippen molar-refractivity contribution in [1.82, 2.24) is 10.2 Å². The van der Waals surface area contributed by atoms with E-state index in [1.165, 1.54) is 34.8 Å². The van der Waals surface area contributed by atoms with E-state index in [4.69, 9.17) is 0 Å². The zero-order chi connectivity index (χ0) is 18.0. The van der Waals surface area contributed by atoms with E-state index in [1.54, 1.807) is 11.6 Å². The van der Waals surface area contributed by atoms with Crippen LogP contribution in [-0.4, -0.2) is 16.1 Å². The Hall–Kier alpha value is -1.64. The third-order valence-corrected chi connectivity index (χ3v) is 6.24. The summed E-state index contributed by atoms with van der Waals surface area (Å²) in [6.45, 7) is 3.71. The number of benzene rings is 1. The number of thiophene rings is 1. The summed E-state index contributed by atoms with van der Waals surface area (Å²) in [5.74, 6) is -0.811. The van der Waals surface area contributed by atoms with Crippen molar-refractivity contribution in [1.29, 1.82) is 0 Å². The molecule has 0 saturated carbocycles. The standard InChI is InChI=1S/C17H15BrFN3OS2/c1-17(2,15(23)21-16-22-20-9-24-16)14(12-6-7-13(18)25-12)10-4-3-5-11(19)8-10/h3-9,14H,1-2H3,(H,21,22,23)/t14-/m0/s1. The lowest BCUT2D eigenvalue weighted by atomic mass is 9.73. The molecular weight excluding hydrogens is 425 g/mol. The van der Waals surface area contributed by atoms with Crippen molar-refractivity contribution in [2.45, 2.75) is 19.8 Å². The van der Waals surface area contributed by atoms with E-state index in [0.29, 0.717) is 5.13 Å². The van der Waals surface area contributed by atoms with Crippen molar-refractivity contribution >= 4 is 49.6 Å². The summed E-state index contributed by atoms with van der Waals surface area (Å²) in [5.41, 5.74) is 1.49. The molecule has 8 heteroatoms. The average Bonchev–Trinajstić information content (AvgIpc) is 3.19. The van der Waals surface area contributed by atoms with Crippen molar-refractivity contribution < 1.29 is 9.18 Å². The van der Waals surface area contributed by atoms with Crippen LogP contribution in [0.5, 0.6) is 0 Å². The Morgan fingerprint density at radius 3 is 2.72 bits per heavy atom. The summed E-state index contributed by atoms with van der Waals surface area (Å²) in [7, 11) is 0. The fourth-order valence-electron chi connectivity index (χ4n) is 2.72. The first-order chi connectivity index (χ1) is 11.9. The van der Waals surface area contributed by atoms with Gasteiger partial charge in [-0.05, 0) is 45.8 Å². The largest absolute Gasteiger partial charge is 0.300 e. The summed E-state index contributed by atoms with van der Waals surface area (Å²) in [5, 5.41) is 10.9. The highest BCUT2D eigenvalue weighted by atomic mass is 79.9. The molecule has 4 nitrogen and oxygen atoms in total. The second-order valence-corrected chi connectivity index (χ2v) is 9.38. The highest BCUT2D eigenvalue weighted by Gasteiger charge is 2.40. The van der Waals surface area contributed by atoms with Crippen LogP contribution in [0.3, 0.4) is 0 Å². The molecule has 130 valence electrons. The molecule has 1 atom stereocenters. The maximum absolute atomic E-state index is 13.8. The minimum absolute atomic E-state index is 0.192. The van der Waals surface area contributed by atoms with E-state index in [-0.39, 0.29) is 17.6 Å². The molecule has 1 aromatic carbocycles.